The van der Waals surface area contributed by atoms with Gasteiger partial charge >= 0.3 is 0 Å². The van der Waals surface area contributed by atoms with Crippen molar-refractivity contribution in [3.8, 4) is 5.69 Å². The molecule has 2 heterocycles. The van der Waals surface area contributed by atoms with Gasteiger partial charge in [0.05, 0.1) is 11.9 Å². The van der Waals surface area contributed by atoms with Gasteiger partial charge in [-0.05, 0) is 50.6 Å². The molecule has 0 saturated carbocycles. The minimum Gasteiger partial charge on any atom is -0.348 e. The van der Waals surface area contributed by atoms with Gasteiger partial charge < -0.3 is 10.6 Å². The van der Waals surface area contributed by atoms with E-state index < -0.39 is 0 Å². The highest BCUT2D eigenvalue weighted by atomic mass is 35.5. The van der Waals surface area contributed by atoms with Gasteiger partial charge in [-0.25, -0.2) is 4.39 Å². The number of carbonyl (C=O) groups is 1. The minimum absolute atomic E-state index is 0. The zero-order valence-corrected chi connectivity index (χ0v) is 13.5. The van der Waals surface area contributed by atoms with E-state index in [1.54, 1.807) is 12.1 Å². The number of halogens is 2. The number of nitrogens with one attached hydrogen (secondary N) is 2. The quantitative estimate of drug-likeness (QED) is 0.892. The molecule has 124 valence electrons. The number of benzene rings is 1. The lowest BCUT2D eigenvalue weighted by Crippen LogP contribution is -2.46. The number of rotatable bonds is 3. The van der Waals surface area contributed by atoms with Gasteiger partial charge in [0.15, 0.2) is 5.69 Å². The van der Waals surface area contributed by atoms with Crippen LogP contribution < -0.4 is 10.6 Å². The Bertz CT molecular complexity index is 660. The molecule has 2 unspecified atom stereocenters. The fourth-order valence-electron chi connectivity index (χ4n) is 2.59. The van der Waals surface area contributed by atoms with Crippen LogP contribution in [-0.4, -0.2) is 39.5 Å². The summed E-state index contributed by atoms with van der Waals surface area (Å²) in [6, 6.07) is 6.33. The second kappa shape index (κ2) is 7.52. The van der Waals surface area contributed by atoms with E-state index in [4.69, 9.17) is 0 Å². The van der Waals surface area contributed by atoms with E-state index >= 15 is 0 Å². The Kier molecular flexibility index (Phi) is 5.68. The summed E-state index contributed by atoms with van der Waals surface area (Å²) in [6.45, 7) is 3.00. The number of carbonyl (C=O) groups excluding carboxylic acids is 1. The summed E-state index contributed by atoms with van der Waals surface area (Å²) >= 11 is 0. The maximum absolute atomic E-state index is 12.9. The highest BCUT2D eigenvalue weighted by Crippen LogP contribution is 2.10. The Labute approximate surface area is 139 Å². The number of hydrogen-bond donors (Lipinski definition) is 2. The average molecular weight is 340 g/mol. The normalized spacial score (nSPS) is 20.6. The lowest BCUT2D eigenvalue weighted by Gasteiger charge is -2.28. The third kappa shape index (κ3) is 4.27. The summed E-state index contributed by atoms with van der Waals surface area (Å²) < 4.78 is 12.9. The molecule has 0 bridgehead atoms. The van der Waals surface area contributed by atoms with Crippen molar-refractivity contribution in [2.24, 2.45) is 0 Å². The van der Waals surface area contributed by atoms with Crippen molar-refractivity contribution in [3.05, 3.63) is 42.0 Å². The maximum atomic E-state index is 12.9. The van der Waals surface area contributed by atoms with Crippen LogP contribution in [0, 0.1) is 5.82 Å². The lowest BCUT2D eigenvalue weighted by atomic mass is 10.0. The molecule has 2 N–H and O–H groups in total. The monoisotopic (exact) mass is 339 g/mol. The molecule has 1 aliphatic heterocycles. The Morgan fingerprint density at radius 3 is 2.83 bits per heavy atom. The van der Waals surface area contributed by atoms with Gasteiger partial charge in [-0.2, -0.15) is 9.90 Å². The third-order valence-corrected chi connectivity index (χ3v) is 3.74. The number of piperidine rings is 1. The summed E-state index contributed by atoms with van der Waals surface area (Å²) in [7, 11) is 0. The largest absolute Gasteiger partial charge is 0.348 e. The van der Waals surface area contributed by atoms with E-state index in [1.807, 2.05) is 0 Å². The molecule has 6 nitrogen and oxygen atoms in total. The van der Waals surface area contributed by atoms with Crippen LogP contribution >= 0.6 is 12.4 Å². The highest BCUT2D eigenvalue weighted by molar-refractivity contribution is 5.92. The Balaban J connectivity index is 0.00000192. The number of hydrogen-bond acceptors (Lipinski definition) is 4. The van der Waals surface area contributed by atoms with Gasteiger partial charge in [0.1, 0.15) is 5.82 Å². The first-order valence-corrected chi connectivity index (χ1v) is 7.34. The average Bonchev–Trinajstić information content (AvgIpc) is 2.98. The first-order valence-electron chi connectivity index (χ1n) is 7.34. The van der Waals surface area contributed by atoms with Gasteiger partial charge in [0.2, 0.25) is 0 Å². The van der Waals surface area contributed by atoms with Crippen molar-refractivity contribution in [2.45, 2.75) is 31.8 Å². The van der Waals surface area contributed by atoms with Crippen molar-refractivity contribution in [1.82, 2.24) is 25.6 Å². The molecule has 8 heteroatoms. The van der Waals surface area contributed by atoms with E-state index in [0.29, 0.717) is 11.7 Å². The third-order valence-electron chi connectivity index (χ3n) is 3.74. The van der Waals surface area contributed by atoms with Crippen molar-refractivity contribution in [3.63, 3.8) is 0 Å². The van der Waals surface area contributed by atoms with E-state index in [1.165, 1.54) is 23.1 Å². The van der Waals surface area contributed by atoms with E-state index in [9.17, 15) is 9.18 Å². The fraction of sp³-hybridized carbons (Fsp3) is 0.400. The van der Waals surface area contributed by atoms with Crippen LogP contribution in [0.15, 0.2) is 30.5 Å². The molecule has 1 aromatic heterocycles. The molecule has 23 heavy (non-hydrogen) atoms. The molecule has 1 fully saturated rings. The SMILES string of the molecule is CC1CC(NC(=O)c2cnn(-c3ccc(F)cc3)n2)CCN1.Cl. The molecule has 0 spiro atoms. The number of nitrogens with zero attached hydrogens (tertiary/aromatic N) is 3. The van der Waals surface area contributed by atoms with Crippen LogP contribution in [0.5, 0.6) is 0 Å². The van der Waals surface area contributed by atoms with E-state index in [0.717, 1.165) is 19.4 Å². The van der Waals surface area contributed by atoms with Gasteiger partial charge in [-0.3, -0.25) is 4.79 Å². The van der Waals surface area contributed by atoms with Gasteiger partial charge in [0.25, 0.3) is 5.91 Å². The Hall–Kier alpha value is -1.99. The molecule has 2 atom stereocenters. The second-order valence-electron chi connectivity index (χ2n) is 5.55. The zero-order chi connectivity index (χ0) is 15.5. The summed E-state index contributed by atoms with van der Waals surface area (Å²) in [5, 5.41) is 14.5. The van der Waals surface area contributed by atoms with Crippen molar-refractivity contribution in [1.29, 1.82) is 0 Å². The van der Waals surface area contributed by atoms with Crippen LogP contribution in [0.25, 0.3) is 5.69 Å². The summed E-state index contributed by atoms with van der Waals surface area (Å²) in [5.74, 6) is -0.554. The first-order chi connectivity index (χ1) is 10.6. The number of aromatic nitrogens is 3. The standard InChI is InChI=1S/C15H18FN5O.ClH/c1-10-8-12(6-7-17-10)19-15(22)14-9-18-21(20-14)13-4-2-11(16)3-5-13;/h2-5,9-10,12,17H,6-8H2,1H3,(H,19,22);1H. The summed E-state index contributed by atoms with van der Waals surface area (Å²) in [6.07, 6.45) is 3.23. The highest BCUT2D eigenvalue weighted by Gasteiger charge is 2.21. The van der Waals surface area contributed by atoms with E-state index in [-0.39, 0.29) is 35.9 Å². The lowest BCUT2D eigenvalue weighted by molar-refractivity contribution is 0.0920. The van der Waals surface area contributed by atoms with Gasteiger partial charge in [-0.1, -0.05) is 0 Å². The molecule has 2 aromatic rings. The molecular weight excluding hydrogens is 321 g/mol. The van der Waals surface area contributed by atoms with E-state index in [2.05, 4.69) is 27.8 Å². The van der Waals surface area contributed by atoms with Crippen LogP contribution in [0.2, 0.25) is 0 Å². The molecule has 1 amide bonds. The summed E-state index contributed by atoms with van der Waals surface area (Å²) in [5.41, 5.74) is 0.867. The van der Waals surface area contributed by atoms with Crippen LogP contribution in [-0.2, 0) is 0 Å². The minimum atomic E-state index is -0.325. The predicted octanol–water partition coefficient (Wildman–Crippen LogP) is 1.70. The van der Waals surface area contributed by atoms with Crippen molar-refractivity contribution < 1.29 is 9.18 Å². The fourth-order valence-corrected chi connectivity index (χ4v) is 2.59. The molecular formula is C15H19ClFN5O. The van der Waals surface area contributed by atoms with Gasteiger partial charge in [-0.15, -0.1) is 17.5 Å². The predicted molar refractivity (Wildman–Crippen MR) is 86.5 cm³/mol. The van der Waals surface area contributed by atoms with Crippen LogP contribution in [0.3, 0.4) is 0 Å². The smallest absolute Gasteiger partial charge is 0.273 e. The molecule has 0 aliphatic carbocycles. The van der Waals surface area contributed by atoms with Crippen LogP contribution in [0.1, 0.15) is 30.3 Å². The number of amides is 1. The summed E-state index contributed by atoms with van der Waals surface area (Å²) in [4.78, 5) is 13.5. The van der Waals surface area contributed by atoms with Gasteiger partial charge in [0, 0.05) is 12.1 Å². The molecule has 1 saturated heterocycles. The zero-order valence-electron chi connectivity index (χ0n) is 12.7. The molecule has 3 rings (SSSR count). The Morgan fingerprint density at radius 1 is 1.39 bits per heavy atom. The van der Waals surface area contributed by atoms with Crippen LogP contribution in [0.4, 0.5) is 4.39 Å². The Morgan fingerprint density at radius 2 is 2.13 bits per heavy atom. The topological polar surface area (TPSA) is 71.8 Å². The van der Waals surface area contributed by atoms with Crippen molar-refractivity contribution >= 4 is 18.3 Å². The maximum Gasteiger partial charge on any atom is 0.273 e. The second-order valence-corrected chi connectivity index (χ2v) is 5.55. The molecule has 0 radical (unpaired) electrons. The molecule has 1 aliphatic rings. The first kappa shape index (κ1) is 17.4. The van der Waals surface area contributed by atoms with Crippen molar-refractivity contribution in [2.75, 3.05) is 6.54 Å². The molecule has 1 aromatic carbocycles.